The maximum atomic E-state index is 12.5. The molecule has 0 aliphatic carbocycles. The molecular weight excluding hydrogens is 460 g/mol. The lowest BCUT2D eigenvalue weighted by molar-refractivity contribution is -0.146. The topological polar surface area (TPSA) is 112 Å². The van der Waals surface area contributed by atoms with Crippen molar-refractivity contribution < 1.29 is 23.9 Å². The van der Waals surface area contributed by atoms with Crippen LogP contribution in [0.15, 0.2) is 91.3 Å². The van der Waals surface area contributed by atoms with Crippen molar-refractivity contribution in [3.8, 4) is 11.4 Å². The van der Waals surface area contributed by atoms with Gasteiger partial charge in [0.25, 0.3) is 11.8 Å². The molecule has 1 aromatic heterocycles. The second-order valence-corrected chi connectivity index (χ2v) is 7.75. The van der Waals surface area contributed by atoms with Gasteiger partial charge in [0.1, 0.15) is 5.75 Å². The van der Waals surface area contributed by atoms with Crippen molar-refractivity contribution in [2.45, 2.75) is 6.42 Å². The highest BCUT2D eigenvalue weighted by molar-refractivity contribution is 6.05. The molecule has 0 aliphatic heterocycles. The minimum atomic E-state index is -0.541. The van der Waals surface area contributed by atoms with Crippen LogP contribution in [0.3, 0.4) is 0 Å². The number of nitrogens with zero attached hydrogens (tertiary/aromatic N) is 2. The van der Waals surface area contributed by atoms with E-state index in [1.807, 2.05) is 36.4 Å². The van der Waals surface area contributed by atoms with E-state index in [0.717, 1.165) is 5.69 Å². The number of carbonyl (C=O) groups is 3. The number of methoxy groups -OCH3 is 1. The number of para-hydroxylation sites is 3. The first-order valence-electron chi connectivity index (χ1n) is 11.1. The molecule has 0 bridgehead atoms. The fraction of sp³-hybridized carbons (Fsp3) is 0.111. The summed E-state index contributed by atoms with van der Waals surface area (Å²) in [7, 11) is 1.53. The van der Waals surface area contributed by atoms with Crippen LogP contribution in [0.2, 0.25) is 0 Å². The first-order chi connectivity index (χ1) is 17.5. The van der Waals surface area contributed by atoms with E-state index >= 15 is 0 Å². The van der Waals surface area contributed by atoms with Crippen LogP contribution < -0.4 is 15.4 Å². The van der Waals surface area contributed by atoms with Gasteiger partial charge in [0.15, 0.2) is 6.61 Å². The molecule has 0 fully saturated rings. The Hall–Kier alpha value is -4.92. The van der Waals surface area contributed by atoms with E-state index in [-0.39, 0.29) is 12.3 Å². The fourth-order valence-corrected chi connectivity index (χ4v) is 3.38. The molecule has 0 saturated carbocycles. The Morgan fingerprint density at radius 2 is 1.61 bits per heavy atom. The summed E-state index contributed by atoms with van der Waals surface area (Å²) in [6.45, 7) is -0.429. The van der Waals surface area contributed by atoms with Gasteiger partial charge in [-0.25, -0.2) is 4.68 Å². The Morgan fingerprint density at radius 1 is 0.889 bits per heavy atom. The van der Waals surface area contributed by atoms with E-state index in [4.69, 9.17) is 9.47 Å². The number of carbonyl (C=O) groups excluding carboxylic acids is 3. The van der Waals surface area contributed by atoms with Crippen LogP contribution >= 0.6 is 0 Å². The second kappa shape index (κ2) is 11.5. The van der Waals surface area contributed by atoms with E-state index in [0.29, 0.717) is 28.3 Å². The molecule has 9 heteroatoms. The molecule has 4 aromatic rings. The quantitative estimate of drug-likeness (QED) is 0.349. The third kappa shape index (κ3) is 6.35. The molecule has 2 amide bonds. The number of ether oxygens (including phenoxy) is 2. The van der Waals surface area contributed by atoms with Crippen LogP contribution in [0.5, 0.6) is 5.75 Å². The molecule has 36 heavy (non-hydrogen) atoms. The van der Waals surface area contributed by atoms with E-state index in [1.54, 1.807) is 59.5 Å². The van der Waals surface area contributed by atoms with Crippen molar-refractivity contribution in [1.29, 1.82) is 0 Å². The normalized spacial score (nSPS) is 10.4. The number of hydrogen-bond donors (Lipinski definition) is 2. The van der Waals surface area contributed by atoms with Gasteiger partial charge < -0.3 is 20.1 Å². The van der Waals surface area contributed by atoms with E-state index in [9.17, 15) is 14.4 Å². The molecular formula is C27H24N4O5. The van der Waals surface area contributed by atoms with Crippen molar-refractivity contribution in [3.63, 3.8) is 0 Å². The minimum absolute atomic E-state index is 0.00385. The van der Waals surface area contributed by atoms with Crippen LogP contribution in [0.25, 0.3) is 5.69 Å². The van der Waals surface area contributed by atoms with Gasteiger partial charge in [-0.2, -0.15) is 5.10 Å². The highest BCUT2D eigenvalue weighted by Gasteiger charge is 2.12. The monoisotopic (exact) mass is 484 g/mol. The lowest BCUT2D eigenvalue weighted by atomic mass is 10.2. The molecule has 0 atom stereocenters. The highest BCUT2D eigenvalue weighted by atomic mass is 16.5. The molecule has 0 spiro atoms. The van der Waals surface area contributed by atoms with Crippen molar-refractivity contribution in [3.05, 3.63) is 102 Å². The zero-order valence-corrected chi connectivity index (χ0v) is 19.5. The SMILES string of the molecule is COc1ccccc1NC(=O)c1ccc(NC(=O)COC(=O)Cc2cnn(-c3ccccc3)c2)cc1. The number of esters is 1. The van der Waals surface area contributed by atoms with E-state index in [1.165, 1.54) is 7.11 Å². The van der Waals surface area contributed by atoms with Crippen molar-refractivity contribution in [2.75, 3.05) is 24.4 Å². The smallest absolute Gasteiger partial charge is 0.310 e. The van der Waals surface area contributed by atoms with E-state index in [2.05, 4.69) is 15.7 Å². The van der Waals surface area contributed by atoms with Gasteiger partial charge in [-0.3, -0.25) is 14.4 Å². The fourth-order valence-electron chi connectivity index (χ4n) is 3.38. The van der Waals surface area contributed by atoms with Crippen molar-refractivity contribution >= 4 is 29.2 Å². The van der Waals surface area contributed by atoms with Crippen LogP contribution in [-0.2, 0) is 20.7 Å². The summed E-state index contributed by atoms with van der Waals surface area (Å²) in [5, 5.41) is 9.66. The zero-order valence-electron chi connectivity index (χ0n) is 19.5. The summed E-state index contributed by atoms with van der Waals surface area (Å²) >= 11 is 0. The molecule has 9 nitrogen and oxygen atoms in total. The highest BCUT2D eigenvalue weighted by Crippen LogP contribution is 2.24. The minimum Gasteiger partial charge on any atom is -0.495 e. The molecule has 2 N–H and O–H groups in total. The lowest BCUT2D eigenvalue weighted by Crippen LogP contribution is -2.21. The number of amides is 2. The maximum Gasteiger partial charge on any atom is 0.310 e. The number of rotatable bonds is 9. The van der Waals surface area contributed by atoms with Crippen molar-refractivity contribution in [1.82, 2.24) is 9.78 Å². The molecule has 0 radical (unpaired) electrons. The first kappa shape index (κ1) is 24.2. The summed E-state index contributed by atoms with van der Waals surface area (Å²) in [5.41, 5.74) is 2.97. The molecule has 182 valence electrons. The van der Waals surface area contributed by atoms with Gasteiger partial charge in [-0.1, -0.05) is 30.3 Å². The van der Waals surface area contributed by atoms with Gasteiger partial charge in [0.2, 0.25) is 0 Å². The number of benzene rings is 3. The Bertz CT molecular complexity index is 1350. The van der Waals surface area contributed by atoms with E-state index < -0.39 is 18.5 Å². The Kier molecular flexibility index (Phi) is 7.72. The number of nitrogens with one attached hydrogen (secondary N) is 2. The molecule has 3 aromatic carbocycles. The van der Waals surface area contributed by atoms with Gasteiger partial charge in [0, 0.05) is 23.0 Å². The van der Waals surface area contributed by atoms with Gasteiger partial charge in [-0.15, -0.1) is 0 Å². The molecule has 1 heterocycles. The summed E-state index contributed by atoms with van der Waals surface area (Å²) in [4.78, 5) is 36.8. The average Bonchev–Trinajstić information content (AvgIpc) is 3.37. The first-order valence-corrected chi connectivity index (χ1v) is 11.1. The summed E-state index contributed by atoms with van der Waals surface area (Å²) in [6.07, 6.45) is 3.32. The summed E-state index contributed by atoms with van der Waals surface area (Å²) in [6, 6.07) is 22.9. The van der Waals surface area contributed by atoms with Crippen LogP contribution in [0, 0.1) is 0 Å². The summed E-state index contributed by atoms with van der Waals surface area (Å²) < 4.78 is 12.0. The zero-order chi connectivity index (χ0) is 25.3. The van der Waals surface area contributed by atoms with Crippen LogP contribution in [0.1, 0.15) is 15.9 Å². The number of hydrogen-bond acceptors (Lipinski definition) is 6. The second-order valence-electron chi connectivity index (χ2n) is 7.75. The van der Waals surface area contributed by atoms with Crippen molar-refractivity contribution in [2.24, 2.45) is 0 Å². The Morgan fingerprint density at radius 3 is 2.36 bits per heavy atom. The molecule has 4 rings (SSSR count). The van der Waals surface area contributed by atoms with Gasteiger partial charge >= 0.3 is 5.97 Å². The van der Waals surface area contributed by atoms with Crippen LogP contribution in [-0.4, -0.2) is 41.3 Å². The maximum absolute atomic E-state index is 12.5. The summed E-state index contributed by atoms with van der Waals surface area (Å²) in [5.74, 6) is -0.799. The largest absolute Gasteiger partial charge is 0.495 e. The Labute approximate surface area is 207 Å². The lowest BCUT2D eigenvalue weighted by Gasteiger charge is -2.10. The van der Waals surface area contributed by atoms with Crippen LogP contribution in [0.4, 0.5) is 11.4 Å². The standard InChI is InChI=1S/C27H24N4O5/c1-35-24-10-6-5-9-23(24)30-27(34)20-11-13-21(14-12-20)29-25(32)18-36-26(33)15-19-16-28-31(17-19)22-7-3-2-4-8-22/h2-14,16-17H,15,18H2,1H3,(H,29,32)(H,30,34). The third-order valence-electron chi connectivity index (χ3n) is 5.16. The Balaban J connectivity index is 1.24. The number of anilines is 2. The molecule has 0 aliphatic rings. The number of aromatic nitrogens is 2. The predicted octanol–water partition coefficient (Wildman–Crippen LogP) is 3.86. The predicted molar refractivity (Wildman–Crippen MR) is 134 cm³/mol. The van der Waals surface area contributed by atoms with Gasteiger partial charge in [0.05, 0.1) is 31.1 Å². The average molecular weight is 485 g/mol. The molecule has 0 unspecified atom stereocenters. The van der Waals surface area contributed by atoms with Gasteiger partial charge in [-0.05, 0) is 48.5 Å². The molecule has 0 saturated heterocycles. The third-order valence-corrected chi connectivity index (χ3v) is 5.16.